The molecule has 1 aliphatic heterocycles. The number of pyridine rings is 1. The number of hydrogen-bond acceptors (Lipinski definition) is 5. The number of benzene rings is 1. The predicted molar refractivity (Wildman–Crippen MR) is 150 cm³/mol. The van der Waals surface area contributed by atoms with E-state index in [0.29, 0.717) is 36.9 Å². The highest BCUT2D eigenvalue weighted by Crippen LogP contribution is 2.26. The quantitative estimate of drug-likeness (QED) is 0.113. The van der Waals surface area contributed by atoms with E-state index in [0.717, 1.165) is 23.4 Å². The van der Waals surface area contributed by atoms with E-state index in [2.05, 4.69) is 22.7 Å². The molecule has 0 fully saturated rings. The Kier molecular flexibility index (Phi) is 11.5. The number of methoxy groups -OCH3 is 1. The minimum atomic E-state index is -0.357. The first-order valence-electron chi connectivity index (χ1n) is 12.0. The molecule has 0 bridgehead atoms. The third kappa shape index (κ3) is 9.47. The number of ether oxygens (including phenoxy) is 3. The second-order valence-corrected chi connectivity index (χ2v) is 10.2. The molecule has 0 saturated carbocycles. The van der Waals surface area contributed by atoms with Crippen LogP contribution < -0.4 is 9.30 Å². The number of nitriles is 1. The zero-order chi connectivity index (χ0) is 27.2. The summed E-state index contributed by atoms with van der Waals surface area (Å²) in [5, 5.41) is 9.40. The zero-order valence-corrected chi connectivity index (χ0v) is 22.7. The van der Waals surface area contributed by atoms with Gasteiger partial charge in [-0.2, -0.15) is 0 Å². The molecule has 0 amide bonds. The van der Waals surface area contributed by atoms with Gasteiger partial charge in [0.15, 0.2) is 18.9 Å². The molecular weight excluding hydrogens is 497 g/mol. The van der Waals surface area contributed by atoms with Crippen LogP contribution in [-0.4, -0.2) is 40.3 Å². The number of nitrogens with zero attached hydrogens (tertiary/aromatic N) is 3. The van der Waals surface area contributed by atoms with E-state index < -0.39 is 0 Å². The van der Waals surface area contributed by atoms with Crippen molar-refractivity contribution in [1.82, 2.24) is 0 Å². The number of allylic oxidation sites excluding steroid dienone is 6. The summed E-state index contributed by atoms with van der Waals surface area (Å²) in [7, 11) is 1.28. The van der Waals surface area contributed by atoms with E-state index in [4.69, 9.17) is 25.3 Å². The Hall–Kier alpha value is -4.00. The van der Waals surface area contributed by atoms with Crippen LogP contribution in [0.25, 0.3) is 17.0 Å². The van der Waals surface area contributed by atoms with Crippen LogP contribution in [0.4, 0.5) is 0 Å². The maximum Gasteiger partial charge on any atom is 0.269 e. The van der Waals surface area contributed by atoms with E-state index in [1.807, 2.05) is 79.2 Å². The molecule has 0 aliphatic carbocycles. The minimum absolute atomic E-state index is 0.00783. The normalized spacial score (nSPS) is 14.6. The van der Waals surface area contributed by atoms with Crippen LogP contribution in [0.2, 0.25) is 0 Å². The van der Waals surface area contributed by atoms with Gasteiger partial charge in [-0.3, -0.25) is 0 Å². The molecule has 1 aromatic carbocycles. The van der Waals surface area contributed by atoms with E-state index >= 15 is 0 Å². The molecule has 0 saturated heterocycles. The lowest BCUT2D eigenvalue weighted by Gasteiger charge is -2.14. The largest absolute Gasteiger partial charge is 0.491 e. The summed E-state index contributed by atoms with van der Waals surface area (Å²) in [6, 6.07) is 13.6. The molecule has 1 aromatic heterocycles. The fourth-order valence-electron chi connectivity index (χ4n) is 3.33. The van der Waals surface area contributed by atoms with Crippen molar-refractivity contribution < 1.29 is 23.3 Å². The number of aromatic nitrogens is 1. The van der Waals surface area contributed by atoms with Crippen molar-refractivity contribution in [2.75, 3.05) is 40.3 Å². The topological polar surface area (TPSA) is 69.0 Å². The van der Waals surface area contributed by atoms with Crippen LogP contribution in [0.5, 0.6) is 5.75 Å². The number of rotatable bonds is 12. The van der Waals surface area contributed by atoms with Gasteiger partial charge in [-0.1, -0.05) is 24.3 Å². The summed E-state index contributed by atoms with van der Waals surface area (Å²) in [6.07, 6.45) is 14.9. The van der Waals surface area contributed by atoms with Crippen LogP contribution in [0.1, 0.15) is 11.1 Å². The lowest BCUT2D eigenvalue weighted by Crippen LogP contribution is -2.34. The van der Waals surface area contributed by atoms with Gasteiger partial charge in [0.2, 0.25) is 0 Å². The highest BCUT2D eigenvalue weighted by molar-refractivity contribution is 7.50. The lowest BCUT2D eigenvalue weighted by molar-refractivity contribution is -0.697. The van der Waals surface area contributed by atoms with E-state index in [9.17, 15) is 5.26 Å². The van der Waals surface area contributed by atoms with Crippen molar-refractivity contribution in [2.24, 2.45) is 0 Å². The third-order valence-corrected chi connectivity index (χ3v) is 5.95. The molecule has 2 aromatic rings. The van der Waals surface area contributed by atoms with Crippen molar-refractivity contribution in [1.29, 1.82) is 5.26 Å². The third-order valence-electron chi connectivity index (χ3n) is 5.25. The second kappa shape index (κ2) is 15.3. The Labute approximate surface area is 225 Å². The minimum Gasteiger partial charge on any atom is -0.491 e. The standard InChI is InChI=1S/C30H31N3O4P/c1-32-30(23-31)26-21-28(11-7-24-5-9-27(10-6-24)35-20-19-34-2)37-29(22-26)12-8-25-13-15-33(16-14-25)17-18-36-38(3)4/h5-16,21-22H,17-20H2,2-4H3/q+1/b11-7+,12-8+,30-26+. The smallest absolute Gasteiger partial charge is 0.269 e. The molecule has 7 nitrogen and oxygen atoms in total. The molecular formula is C30H31N3O4P+. The summed E-state index contributed by atoms with van der Waals surface area (Å²) in [4.78, 5) is 3.36. The summed E-state index contributed by atoms with van der Waals surface area (Å²) >= 11 is 0. The first kappa shape index (κ1) is 28.6. The van der Waals surface area contributed by atoms with E-state index in [1.165, 1.54) is 0 Å². The first-order valence-corrected chi connectivity index (χ1v) is 14.2. The number of hydrogen-bond donors (Lipinski definition) is 0. The van der Waals surface area contributed by atoms with Gasteiger partial charge in [-0.05, 0) is 66.5 Å². The Morgan fingerprint density at radius 3 is 2.16 bits per heavy atom. The lowest BCUT2D eigenvalue weighted by atomic mass is 10.1. The van der Waals surface area contributed by atoms with Gasteiger partial charge in [-0.15, -0.1) is 0 Å². The average molecular weight is 529 g/mol. The molecule has 1 aliphatic rings. The molecule has 0 spiro atoms. The molecule has 38 heavy (non-hydrogen) atoms. The van der Waals surface area contributed by atoms with Crippen molar-refractivity contribution in [3.8, 4) is 11.8 Å². The van der Waals surface area contributed by atoms with Crippen molar-refractivity contribution >= 4 is 20.3 Å². The van der Waals surface area contributed by atoms with Crippen molar-refractivity contribution in [3.05, 3.63) is 118 Å². The fraction of sp³-hybridized carbons (Fsp3) is 0.233. The van der Waals surface area contributed by atoms with Crippen LogP contribution in [0.15, 0.2) is 95.9 Å². The molecule has 0 atom stereocenters. The highest BCUT2D eigenvalue weighted by atomic mass is 31.1. The van der Waals surface area contributed by atoms with Gasteiger partial charge >= 0.3 is 0 Å². The summed E-state index contributed by atoms with van der Waals surface area (Å²) in [5.41, 5.74) is 2.46. The van der Waals surface area contributed by atoms with Gasteiger partial charge in [0.05, 0.1) is 19.2 Å². The monoisotopic (exact) mass is 528 g/mol. The van der Waals surface area contributed by atoms with Gasteiger partial charge in [0.1, 0.15) is 30.5 Å². The molecule has 3 rings (SSSR count). The van der Waals surface area contributed by atoms with Gasteiger partial charge in [0.25, 0.3) is 5.70 Å². The molecule has 2 heterocycles. The maximum absolute atomic E-state index is 9.40. The predicted octanol–water partition coefficient (Wildman–Crippen LogP) is 5.89. The fourth-order valence-corrected chi connectivity index (χ4v) is 3.78. The highest BCUT2D eigenvalue weighted by Gasteiger charge is 2.12. The van der Waals surface area contributed by atoms with Crippen LogP contribution in [0.3, 0.4) is 0 Å². The van der Waals surface area contributed by atoms with E-state index in [1.54, 1.807) is 19.3 Å². The molecule has 0 N–H and O–H groups in total. The van der Waals surface area contributed by atoms with Crippen molar-refractivity contribution in [2.45, 2.75) is 6.54 Å². The van der Waals surface area contributed by atoms with Crippen LogP contribution in [-0.2, 0) is 20.5 Å². The Morgan fingerprint density at radius 1 is 0.974 bits per heavy atom. The maximum atomic E-state index is 9.40. The molecule has 194 valence electrons. The Bertz CT molecular complexity index is 1290. The van der Waals surface area contributed by atoms with Crippen LogP contribution >= 0.6 is 8.15 Å². The second-order valence-electron chi connectivity index (χ2n) is 8.31. The Morgan fingerprint density at radius 2 is 1.61 bits per heavy atom. The molecule has 8 heteroatoms. The van der Waals surface area contributed by atoms with Gasteiger partial charge in [-0.25, -0.2) is 14.7 Å². The molecule has 0 unspecified atom stereocenters. The van der Waals surface area contributed by atoms with Gasteiger partial charge in [0, 0.05) is 27.4 Å². The molecule has 0 radical (unpaired) electrons. The Balaban J connectivity index is 1.71. The first-order chi connectivity index (χ1) is 18.5. The summed E-state index contributed by atoms with van der Waals surface area (Å²) < 4.78 is 24.4. The van der Waals surface area contributed by atoms with Crippen LogP contribution in [0, 0.1) is 17.9 Å². The van der Waals surface area contributed by atoms with E-state index in [-0.39, 0.29) is 13.8 Å². The average Bonchev–Trinajstić information content (AvgIpc) is 2.93. The van der Waals surface area contributed by atoms with Gasteiger partial charge < -0.3 is 18.7 Å². The van der Waals surface area contributed by atoms with Crippen molar-refractivity contribution in [3.63, 3.8) is 0 Å². The zero-order valence-electron chi connectivity index (χ0n) is 21.8. The summed E-state index contributed by atoms with van der Waals surface area (Å²) in [5.74, 6) is 1.82. The summed E-state index contributed by atoms with van der Waals surface area (Å²) in [6.45, 7) is 14.0. The SMILES string of the molecule is [C-]#[N+]/C(C#N)=C1C=C(/C=C/c2ccc(OCCOC)cc2)OC(/C=C/c2cc[n+](CCOP(C)C)cc2)=C\1.